The van der Waals surface area contributed by atoms with Crippen LogP contribution < -0.4 is 5.32 Å². The van der Waals surface area contributed by atoms with Crippen molar-refractivity contribution in [2.45, 2.75) is 39.7 Å². The maximum absolute atomic E-state index is 12.7. The number of carbonyl (C=O) groups excluding carboxylic acids is 1. The number of aryl methyl sites for hydroxylation is 1. The van der Waals surface area contributed by atoms with Crippen LogP contribution in [0.4, 0.5) is 5.69 Å². The zero-order valence-electron chi connectivity index (χ0n) is 13.1. The number of piperidine rings is 1. The minimum absolute atomic E-state index is 0.0301. The Bertz CT molecular complexity index is 494. The SMILES string of the molecule is CCNc1cc(C)ncc1C(=O)N1CCC(C(C)O)CC1. The van der Waals surface area contributed by atoms with Gasteiger partial charge in [-0.1, -0.05) is 0 Å². The first-order valence-electron chi connectivity index (χ1n) is 7.70. The molecule has 1 aromatic rings. The number of pyridine rings is 1. The molecule has 1 aliphatic heterocycles. The summed E-state index contributed by atoms with van der Waals surface area (Å²) in [5.41, 5.74) is 2.39. The van der Waals surface area contributed by atoms with Crippen LogP contribution in [0.3, 0.4) is 0 Å². The van der Waals surface area contributed by atoms with E-state index in [0.29, 0.717) is 24.6 Å². The molecule has 0 aliphatic carbocycles. The molecule has 1 aromatic heterocycles. The van der Waals surface area contributed by atoms with Crippen molar-refractivity contribution in [2.24, 2.45) is 5.92 Å². The van der Waals surface area contributed by atoms with E-state index in [1.807, 2.05) is 31.7 Å². The number of rotatable bonds is 4. The van der Waals surface area contributed by atoms with Gasteiger partial charge in [0.1, 0.15) is 0 Å². The van der Waals surface area contributed by atoms with Crippen LogP contribution >= 0.6 is 0 Å². The van der Waals surface area contributed by atoms with Crippen molar-refractivity contribution in [1.82, 2.24) is 9.88 Å². The second-order valence-electron chi connectivity index (χ2n) is 5.77. The smallest absolute Gasteiger partial charge is 0.257 e. The second-order valence-corrected chi connectivity index (χ2v) is 5.77. The summed E-state index contributed by atoms with van der Waals surface area (Å²) in [5.74, 6) is 0.334. The fourth-order valence-corrected chi connectivity index (χ4v) is 2.82. The van der Waals surface area contributed by atoms with Gasteiger partial charge in [0.25, 0.3) is 5.91 Å². The van der Waals surface area contributed by atoms with Gasteiger partial charge >= 0.3 is 0 Å². The molecule has 21 heavy (non-hydrogen) atoms. The number of amides is 1. The molecule has 1 unspecified atom stereocenters. The lowest BCUT2D eigenvalue weighted by molar-refractivity contribution is 0.0522. The van der Waals surface area contributed by atoms with Crippen molar-refractivity contribution in [3.63, 3.8) is 0 Å². The third-order valence-electron chi connectivity index (χ3n) is 4.15. The molecule has 1 amide bonds. The Balaban J connectivity index is 2.10. The van der Waals surface area contributed by atoms with Crippen molar-refractivity contribution in [3.8, 4) is 0 Å². The Morgan fingerprint density at radius 2 is 2.19 bits per heavy atom. The topological polar surface area (TPSA) is 65.5 Å². The van der Waals surface area contributed by atoms with E-state index in [1.165, 1.54) is 0 Å². The minimum Gasteiger partial charge on any atom is -0.393 e. The molecule has 2 N–H and O–H groups in total. The molecule has 0 aromatic carbocycles. The molecule has 1 fully saturated rings. The number of nitrogens with zero attached hydrogens (tertiary/aromatic N) is 2. The Morgan fingerprint density at radius 3 is 2.76 bits per heavy atom. The van der Waals surface area contributed by atoms with Crippen LogP contribution in [0.15, 0.2) is 12.3 Å². The van der Waals surface area contributed by atoms with Crippen LogP contribution in [0.5, 0.6) is 0 Å². The van der Waals surface area contributed by atoms with Crippen molar-refractivity contribution in [3.05, 3.63) is 23.5 Å². The van der Waals surface area contributed by atoms with Gasteiger partial charge in [0, 0.05) is 31.5 Å². The summed E-state index contributed by atoms with van der Waals surface area (Å²) in [7, 11) is 0. The summed E-state index contributed by atoms with van der Waals surface area (Å²) >= 11 is 0. The second kappa shape index (κ2) is 6.89. The van der Waals surface area contributed by atoms with Gasteiger partial charge in [0.2, 0.25) is 0 Å². The maximum Gasteiger partial charge on any atom is 0.257 e. The van der Waals surface area contributed by atoms with Gasteiger partial charge in [0.15, 0.2) is 0 Å². The zero-order valence-corrected chi connectivity index (χ0v) is 13.1. The van der Waals surface area contributed by atoms with Crippen molar-refractivity contribution in [1.29, 1.82) is 0 Å². The summed E-state index contributed by atoms with van der Waals surface area (Å²) < 4.78 is 0. The number of hydrogen-bond acceptors (Lipinski definition) is 4. The standard InChI is InChI=1S/C16H25N3O2/c1-4-17-15-9-11(2)18-10-14(15)16(21)19-7-5-13(6-8-19)12(3)20/h9-10,12-13,20H,4-8H2,1-3H3,(H,17,18). The number of carbonyl (C=O) groups is 1. The summed E-state index contributed by atoms with van der Waals surface area (Å²) in [6, 6.07) is 1.92. The highest BCUT2D eigenvalue weighted by Gasteiger charge is 2.27. The van der Waals surface area contributed by atoms with Crippen LogP contribution in [0.2, 0.25) is 0 Å². The predicted octanol–water partition coefficient (Wildman–Crippen LogP) is 2.05. The Hall–Kier alpha value is -1.62. The molecule has 2 heterocycles. The Morgan fingerprint density at radius 1 is 1.52 bits per heavy atom. The summed E-state index contributed by atoms with van der Waals surface area (Å²) in [6.07, 6.45) is 3.09. The van der Waals surface area contributed by atoms with Crippen LogP contribution in [0, 0.1) is 12.8 Å². The number of hydrogen-bond donors (Lipinski definition) is 2. The fraction of sp³-hybridized carbons (Fsp3) is 0.625. The summed E-state index contributed by atoms with van der Waals surface area (Å²) in [4.78, 5) is 18.8. The van der Waals surface area contributed by atoms with E-state index < -0.39 is 0 Å². The number of aromatic nitrogens is 1. The van der Waals surface area contributed by atoms with Gasteiger partial charge < -0.3 is 15.3 Å². The normalized spacial score (nSPS) is 17.6. The molecule has 0 spiro atoms. The predicted molar refractivity (Wildman–Crippen MR) is 83.4 cm³/mol. The molecule has 1 atom stereocenters. The minimum atomic E-state index is -0.291. The lowest BCUT2D eigenvalue weighted by Gasteiger charge is -2.33. The van der Waals surface area contributed by atoms with E-state index in [4.69, 9.17) is 0 Å². The average molecular weight is 291 g/mol. The molecule has 2 rings (SSSR count). The number of aliphatic hydroxyl groups excluding tert-OH is 1. The monoisotopic (exact) mass is 291 g/mol. The van der Waals surface area contributed by atoms with E-state index >= 15 is 0 Å². The largest absolute Gasteiger partial charge is 0.393 e. The summed E-state index contributed by atoms with van der Waals surface area (Å²) in [5, 5.41) is 12.9. The molecule has 5 nitrogen and oxygen atoms in total. The summed E-state index contributed by atoms with van der Waals surface area (Å²) in [6.45, 7) is 7.94. The van der Waals surface area contributed by atoms with E-state index in [1.54, 1.807) is 6.20 Å². The number of likely N-dealkylation sites (tertiary alicyclic amines) is 1. The lowest BCUT2D eigenvalue weighted by atomic mass is 9.92. The highest BCUT2D eigenvalue weighted by molar-refractivity contribution is 5.99. The van der Waals surface area contributed by atoms with Gasteiger partial charge in [0.05, 0.1) is 17.4 Å². The van der Waals surface area contributed by atoms with Gasteiger partial charge in [-0.2, -0.15) is 0 Å². The van der Waals surface area contributed by atoms with E-state index in [0.717, 1.165) is 30.8 Å². The van der Waals surface area contributed by atoms with Gasteiger partial charge in [-0.25, -0.2) is 0 Å². The third-order valence-corrected chi connectivity index (χ3v) is 4.15. The number of aliphatic hydroxyl groups is 1. The molecule has 0 radical (unpaired) electrons. The Labute approximate surface area is 126 Å². The molecular weight excluding hydrogens is 266 g/mol. The van der Waals surface area contributed by atoms with Crippen molar-refractivity contribution in [2.75, 3.05) is 25.0 Å². The van der Waals surface area contributed by atoms with Crippen LogP contribution in [0.25, 0.3) is 0 Å². The van der Waals surface area contributed by atoms with E-state index in [-0.39, 0.29) is 12.0 Å². The zero-order chi connectivity index (χ0) is 15.4. The molecule has 0 saturated carbocycles. The average Bonchev–Trinajstić information content (AvgIpc) is 2.47. The fourth-order valence-electron chi connectivity index (χ4n) is 2.82. The van der Waals surface area contributed by atoms with Crippen LogP contribution in [0.1, 0.15) is 42.7 Å². The van der Waals surface area contributed by atoms with Crippen molar-refractivity contribution >= 4 is 11.6 Å². The first kappa shape index (κ1) is 15.8. The van der Waals surface area contributed by atoms with Crippen LogP contribution in [-0.4, -0.2) is 46.6 Å². The van der Waals surface area contributed by atoms with E-state index in [9.17, 15) is 9.90 Å². The lowest BCUT2D eigenvalue weighted by Crippen LogP contribution is -2.41. The van der Waals surface area contributed by atoms with Gasteiger partial charge in [-0.05, 0) is 45.6 Å². The maximum atomic E-state index is 12.7. The first-order chi connectivity index (χ1) is 10.0. The molecule has 116 valence electrons. The Kier molecular flexibility index (Phi) is 5.17. The quantitative estimate of drug-likeness (QED) is 0.891. The van der Waals surface area contributed by atoms with Crippen molar-refractivity contribution < 1.29 is 9.90 Å². The highest BCUT2D eigenvalue weighted by atomic mass is 16.3. The first-order valence-corrected chi connectivity index (χ1v) is 7.70. The van der Waals surface area contributed by atoms with Crippen LogP contribution in [-0.2, 0) is 0 Å². The molecule has 1 aliphatic rings. The molecule has 5 heteroatoms. The highest BCUT2D eigenvalue weighted by Crippen LogP contribution is 2.24. The molecule has 0 bridgehead atoms. The molecule has 1 saturated heterocycles. The number of nitrogens with one attached hydrogen (secondary N) is 1. The number of anilines is 1. The van der Waals surface area contributed by atoms with Gasteiger partial charge in [-0.15, -0.1) is 0 Å². The molecular formula is C16H25N3O2. The third kappa shape index (κ3) is 3.73. The van der Waals surface area contributed by atoms with Gasteiger partial charge in [-0.3, -0.25) is 9.78 Å². The van der Waals surface area contributed by atoms with E-state index in [2.05, 4.69) is 10.3 Å².